The summed E-state index contributed by atoms with van der Waals surface area (Å²) in [5, 5.41) is 10.8. The molecular formula is C21H19N3O3S. The van der Waals surface area contributed by atoms with Gasteiger partial charge in [-0.05, 0) is 43.7 Å². The molecule has 5 rings (SSSR count). The minimum Gasteiger partial charge on any atom is -0.487 e. The number of rotatable bonds is 3. The van der Waals surface area contributed by atoms with Gasteiger partial charge in [-0.25, -0.2) is 15.0 Å². The lowest BCUT2D eigenvalue weighted by Gasteiger charge is -2.12. The molecule has 0 amide bonds. The standard InChI is InChI=1S/C21H19N3O3S/c1-10-6-13(19-15(7-10)23-18(26-3)9-22-19)21-24-14-4-5-16-12(20(14)28-21)8-17(27-16)11(2)25/h4-7,9,11,17,25H,8H2,1-3H3/t11-,17+/m1/s1. The smallest absolute Gasteiger partial charge is 0.232 e. The fraction of sp³-hybridized carbons (Fsp3) is 0.286. The molecule has 0 bridgehead atoms. The molecule has 0 saturated heterocycles. The van der Waals surface area contributed by atoms with Crippen LogP contribution in [0.2, 0.25) is 0 Å². The molecule has 142 valence electrons. The van der Waals surface area contributed by atoms with Gasteiger partial charge in [-0.15, -0.1) is 11.3 Å². The summed E-state index contributed by atoms with van der Waals surface area (Å²) in [6.45, 7) is 3.80. The zero-order chi connectivity index (χ0) is 19.4. The van der Waals surface area contributed by atoms with Gasteiger partial charge in [-0.2, -0.15) is 0 Å². The Morgan fingerprint density at radius 1 is 1.25 bits per heavy atom. The summed E-state index contributed by atoms with van der Waals surface area (Å²) in [7, 11) is 1.59. The van der Waals surface area contributed by atoms with Gasteiger partial charge in [0.2, 0.25) is 5.88 Å². The first-order chi connectivity index (χ1) is 13.5. The van der Waals surface area contributed by atoms with E-state index in [2.05, 4.69) is 16.0 Å². The Bertz CT molecular complexity index is 1220. The van der Waals surface area contributed by atoms with Crippen LogP contribution in [0.5, 0.6) is 11.6 Å². The van der Waals surface area contributed by atoms with Crippen molar-refractivity contribution in [3.05, 3.63) is 41.6 Å². The van der Waals surface area contributed by atoms with Crippen molar-refractivity contribution in [1.29, 1.82) is 0 Å². The van der Waals surface area contributed by atoms with Gasteiger partial charge in [0.15, 0.2) is 0 Å². The van der Waals surface area contributed by atoms with Gasteiger partial charge < -0.3 is 14.6 Å². The molecule has 1 aliphatic rings. The van der Waals surface area contributed by atoms with Crippen LogP contribution in [-0.2, 0) is 6.42 Å². The lowest BCUT2D eigenvalue weighted by Crippen LogP contribution is -2.26. The summed E-state index contributed by atoms with van der Waals surface area (Å²) in [6.07, 6.45) is 1.61. The van der Waals surface area contributed by atoms with E-state index in [1.165, 1.54) is 0 Å². The molecule has 4 aromatic rings. The third-order valence-corrected chi connectivity index (χ3v) is 6.21. The molecule has 2 aromatic carbocycles. The van der Waals surface area contributed by atoms with Crippen LogP contribution in [0.25, 0.3) is 31.8 Å². The monoisotopic (exact) mass is 393 g/mol. The van der Waals surface area contributed by atoms with E-state index in [1.54, 1.807) is 31.6 Å². The Balaban J connectivity index is 1.68. The van der Waals surface area contributed by atoms with Gasteiger partial charge in [-0.1, -0.05) is 0 Å². The van der Waals surface area contributed by atoms with Crippen molar-refractivity contribution in [2.75, 3.05) is 7.11 Å². The molecule has 0 fully saturated rings. The minimum absolute atomic E-state index is 0.204. The van der Waals surface area contributed by atoms with E-state index >= 15 is 0 Å². The van der Waals surface area contributed by atoms with Gasteiger partial charge in [-0.3, -0.25) is 0 Å². The maximum Gasteiger partial charge on any atom is 0.232 e. The topological polar surface area (TPSA) is 77.4 Å². The van der Waals surface area contributed by atoms with E-state index in [4.69, 9.17) is 14.5 Å². The van der Waals surface area contributed by atoms with Crippen LogP contribution in [0.1, 0.15) is 18.1 Å². The van der Waals surface area contributed by atoms with Crippen molar-refractivity contribution < 1.29 is 14.6 Å². The number of hydrogen-bond acceptors (Lipinski definition) is 7. The second kappa shape index (κ2) is 6.39. The molecule has 28 heavy (non-hydrogen) atoms. The van der Waals surface area contributed by atoms with Crippen LogP contribution in [0.4, 0.5) is 0 Å². The average Bonchev–Trinajstić information content (AvgIpc) is 3.30. The number of methoxy groups -OCH3 is 1. The van der Waals surface area contributed by atoms with E-state index in [-0.39, 0.29) is 6.10 Å². The number of aromatic nitrogens is 3. The maximum absolute atomic E-state index is 9.91. The zero-order valence-corrected chi connectivity index (χ0v) is 16.6. The lowest BCUT2D eigenvalue weighted by atomic mass is 10.1. The SMILES string of the molecule is COc1cnc2c(-c3nc4ccc5c(c4s3)C[C@@H]([C@@H](C)O)O5)cc(C)cc2n1. The zero-order valence-electron chi connectivity index (χ0n) is 15.8. The summed E-state index contributed by atoms with van der Waals surface area (Å²) in [5.74, 6) is 1.33. The molecule has 2 atom stereocenters. The Hall–Kier alpha value is -2.77. The van der Waals surface area contributed by atoms with Crippen molar-refractivity contribution >= 4 is 32.6 Å². The predicted molar refractivity (Wildman–Crippen MR) is 109 cm³/mol. The molecule has 3 heterocycles. The molecule has 7 heteroatoms. The number of aryl methyl sites for hydroxylation is 1. The maximum atomic E-state index is 9.91. The van der Waals surface area contributed by atoms with Gasteiger partial charge in [0.1, 0.15) is 16.9 Å². The average molecular weight is 393 g/mol. The number of ether oxygens (including phenoxy) is 2. The second-order valence-electron chi connectivity index (χ2n) is 7.10. The first-order valence-electron chi connectivity index (χ1n) is 9.12. The Morgan fingerprint density at radius 2 is 2.11 bits per heavy atom. The van der Waals surface area contributed by atoms with E-state index in [9.17, 15) is 5.11 Å². The minimum atomic E-state index is -0.513. The van der Waals surface area contributed by atoms with E-state index in [0.717, 1.165) is 48.7 Å². The molecule has 6 nitrogen and oxygen atoms in total. The lowest BCUT2D eigenvalue weighted by molar-refractivity contribution is 0.0632. The summed E-state index contributed by atoms with van der Waals surface area (Å²) in [6, 6.07) is 8.02. The quantitative estimate of drug-likeness (QED) is 0.569. The number of thiazole rings is 1. The van der Waals surface area contributed by atoms with Crippen molar-refractivity contribution in [3.8, 4) is 22.2 Å². The van der Waals surface area contributed by atoms with Crippen LogP contribution in [0.15, 0.2) is 30.5 Å². The molecule has 1 N–H and O–H groups in total. The largest absolute Gasteiger partial charge is 0.487 e. The number of hydrogen-bond donors (Lipinski definition) is 1. The highest BCUT2D eigenvalue weighted by Gasteiger charge is 2.29. The third-order valence-electron chi connectivity index (χ3n) is 5.05. The van der Waals surface area contributed by atoms with Crippen LogP contribution < -0.4 is 9.47 Å². The highest BCUT2D eigenvalue weighted by Crippen LogP contribution is 2.42. The van der Waals surface area contributed by atoms with E-state index < -0.39 is 6.10 Å². The molecule has 0 saturated carbocycles. The molecule has 2 aromatic heterocycles. The molecule has 0 aliphatic carbocycles. The van der Waals surface area contributed by atoms with E-state index in [1.807, 2.05) is 25.1 Å². The summed E-state index contributed by atoms with van der Waals surface area (Å²) in [4.78, 5) is 14.0. The van der Waals surface area contributed by atoms with E-state index in [0.29, 0.717) is 12.3 Å². The highest BCUT2D eigenvalue weighted by molar-refractivity contribution is 7.22. The van der Waals surface area contributed by atoms with Gasteiger partial charge in [0.05, 0.1) is 40.7 Å². The fourth-order valence-corrected chi connectivity index (χ4v) is 4.76. The predicted octanol–water partition coefficient (Wildman–Crippen LogP) is 3.91. The van der Waals surface area contributed by atoms with Crippen LogP contribution in [0.3, 0.4) is 0 Å². The van der Waals surface area contributed by atoms with Crippen molar-refractivity contribution in [3.63, 3.8) is 0 Å². The van der Waals surface area contributed by atoms with Crippen molar-refractivity contribution in [1.82, 2.24) is 15.0 Å². The van der Waals surface area contributed by atoms with Crippen LogP contribution in [0, 0.1) is 6.92 Å². The summed E-state index contributed by atoms with van der Waals surface area (Å²) >= 11 is 1.63. The number of fused-ring (bicyclic) bond motifs is 4. The number of benzene rings is 2. The van der Waals surface area contributed by atoms with Gasteiger partial charge >= 0.3 is 0 Å². The Morgan fingerprint density at radius 3 is 2.89 bits per heavy atom. The molecular weight excluding hydrogens is 374 g/mol. The summed E-state index contributed by atoms with van der Waals surface area (Å²) in [5.41, 5.74) is 5.70. The molecule has 0 spiro atoms. The van der Waals surface area contributed by atoms with Gasteiger partial charge in [0.25, 0.3) is 0 Å². The van der Waals surface area contributed by atoms with Crippen LogP contribution in [-0.4, -0.2) is 39.4 Å². The van der Waals surface area contributed by atoms with Gasteiger partial charge in [0, 0.05) is 17.5 Å². The van der Waals surface area contributed by atoms with Crippen molar-refractivity contribution in [2.24, 2.45) is 0 Å². The van der Waals surface area contributed by atoms with Crippen LogP contribution >= 0.6 is 11.3 Å². The first-order valence-corrected chi connectivity index (χ1v) is 9.94. The summed E-state index contributed by atoms with van der Waals surface area (Å²) < 4.78 is 12.2. The fourth-order valence-electron chi connectivity index (χ4n) is 3.63. The number of nitrogens with zero attached hydrogens (tertiary/aromatic N) is 3. The Labute approximate surface area is 165 Å². The third kappa shape index (κ3) is 2.70. The van der Waals surface area contributed by atoms with Crippen molar-refractivity contribution in [2.45, 2.75) is 32.5 Å². The first kappa shape index (κ1) is 17.3. The highest BCUT2D eigenvalue weighted by atomic mass is 32.1. The molecule has 0 radical (unpaired) electrons. The number of aliphatic hydroxyl groups excluding tert-OH is 1. The number of aliphatic hydroxyl groups is 1. The Kier molecular flexibility index (Phi) is 3.96. The second-order valence-corrected chi connectivity index (χ2v) is 8.10. The molecule has 0 unspecified atom stereocenters. The molecule has 1 aliphatic heterocycles. The normalized spacial score (nSPS) is 16.9.